The Morgan fingerprint density at radius 3 is 2.45 bits per heavy atom. The maximum atomic E-state index is 11.2. The molecule has 1 amide bonds. The molecule has 0 unspecified atom stereocenters. The Bertz CT molecular complexity index is 144. The van der Waals surface area contributed by atoms with Crippen LogP contribution < -0.4 is 5.32 Å². The molecule has 0 saturated carbocycles. The normalized spacial score (nSPS) is 10.8. The highest BCUT2D eigenvalue weighted by Gasteiger charge is 2.19. The van der Waals surface area contributed by atoms with E-state index in [2.05, 4.69) is 11.9 Å². The lowest BCUT2D eigenvalue weighted by Crippen LogP contribution is -2.35. The van der Waals surface area contributed by atoms with E-state index in [1.807, 2.05) is 20.8 Å². The molecule has 0 rings (SSSR count). The van der Waals surface area contributed by atoms with Gasteiger partial charge in [-0.15, -0.1) is 6.58 Å². The maximum Gasteiger partial charge on any atom is 0.225 e. The van der Waals surface area contributed by atoms with E-state index in [0.717, 1.165) is 6.42 Å². The van der Waals surface area contributed by atoms with Crippen LogP contribution in [-0.4, -0.2) is 12.5 Å². The van der Waals surface area contributed by atoms with Crippen LogP contribution in [0.4, 0.5) is 0 Å². The van der Waals surface area contributed by atoms with Crippen LogP contribution in [0.5, 0.6) is 0 Å². The van der Waals surface area contributed by atoms with E-state index in [9.17, 15) is 4.79 Å². The Kier molecular flexibility index (Phi) is 3.86. The van der Waals surface area contributed by atoms with Crippen molar-refractivity contribution in [2.24, 2.45) is 5.41 Å². The topological polar surface area (TPSA) is 29.1 Å². The quantitative estimate of drug-likeness (QED) is 0.488. The molecule has 0 aliphatic carbocycles. The van der Waals surface area contributed by atoms with Crippen molar-refractivity contribution in [1.29, 1.82) is 0 Å². The van der Waals surface area contributed by atoms with Gasteiger partial charge in [-0.1, -0.05) is 26.8 Å². The van der Waals surface area contributed by atoms with Crippen LogP contribution in [0.15, 0.2) is 12.7 Å². The molecule has 0 saturated heterocycles. The Hall–Kier alpha value is -0.790. The van der Waals surface area contributed by atoms with E-state index in [1.54, 1.807) is 6.08 Å². The standard InChI is InChI=1S/C9H17NO/c1-5-6-7-10-8(11)9(2,3)4/h5H,1,6-7H2,2-4H3,(H,10,11). The van der Waals surface area contributed by atoms with Crippen LogP contribution in [0.1, 0.15) is 27.2 Å². The second-order valence-electron chi connectivity index (χ2n) is 3.58. The fourth-order valence-electron chi connectivity index (χ4n) is 0.553. The first kappa shape index (κ1) is 10.2. The molecule has 0 heterocycles. The third kappa shape index (κ3) is 4.59. The van der Waals surface area contributed by atoms with Gasteiger partial charge in [0.1, 0.15) is 0 Å². The Balaban J connectivity index is 3.62. The molecule has 2 nitrogen and oxygen atoms in total. The molecular weight excluding hydrogens is 138 g/mol. The minimum absolute atomic E-state index is 0.0966. The summed E-state index contributed by atoms with van der Waals surface area (Å²) in [6, 6.07) is 0. The molecule has 0 bridgehead atoms. The largest absolute Gasteiger partial charge is 0.355 e. The van der Waals surface area contributed by atoms with Crippen molar-refractivity contribution in [1.82, 2.24) is 5.32 Å². The maximum absolute atomic E-state index is 11.2. The first-order chi connectivity index (χ1) is 4.98. The van der Waals surface area contributed by atoms with Gasteiger partial charge in [0, 0.05) is 12.0 Å². The van der Waals surface area contributed by atoms with Gasteiger partial charge >= 0.3 is 0 Å². The molecule has 0 atom stereocenters. The van der Waals surface area contributed by atoms with Gasteiger partial charge < -0.3 is 5.32 Å². The number of carbonyl (C=O) groups is 1. The molecule has 0 aromatic heterocycles. The van der Waals surface area contributed by atoms with Gasteiger partial charge in [-0.05, 0) is 6.42 Å². The molecule has 64 valence electrons. The molecule has 0 aliphatic heterocycles. The third-order valence-electron chi connectivity index (χ3n) is 1.32. The monoisotopic (exact) mass is 155 g/mol. The van der Waals surface area contributed by atoms with Crippen molar-refractivity contribution in [3.63, 3.8) is 0 Å². The van der Waals surface area contributed by atoms with E-state index in [-0.39, 0.29) is 11.3 Å². The lowest BCUT2D eigenvalue weighted by Gasteiger charge is -2.16. The summed E-state index contributed by atoms with van der Waals surface area (Å²) in [5.74, 6) is 0.0966. The average Bonchev–Trinajstić information content (AvgIpc) is 1.86. The molecular formula is C9H17NO. The Morgan fingerprint density at radius 1 is 1.55 bits per heavy atom. The highest BCUT2D eigenvalue weighted by Crippen LogP contribution is 2.11. The van der Waals surface area contributed by atoms with Crippen molar-refractivity contribution in [2.75, 3.05) is 6.54 Å². The minimum Gasteiger partial charge on any atom is -0.355 e. The van der Waals surface area contributed by atoms with Crippen LogP contribution in [0.25, 0.3) is 0 Å². The summed E-state index contributed by atoms with van der Waals surface area (Å²) < 4.78 is 0. The number of nitrogens with one attached hydrogen (secondary N) is 1. The van der Waals surface area contributed by atoms with Crippen LogP contribution in [0, 0.1) is 5.41 Å². The van der Waals surface area contributed by atoms with Crippen LogP contribution in [-0.2, 0) is 4.79 Å². The van der Waals surface area contributed by atoms with E-state index in [4.69, 9.17) is 0 Å². The number of hydrogen-bond donors (Lipinski definition) is 1. The Labute approximate surface area is 68.7 Å². The zero-order chi connectivity index (χ0) is 8.91. The van der Waals surface area contributed by atoms with E-state index in [0.29, 0.717) is 6.54 Å². The second kappa shape index (κ2) is 4.16. The van der Waals surface area contributed by atoms with Gasteiger partial charge in [0.15, 0.2) is 0 Å². The predicted octanol–water partition coefficient (Wildman–Crippen LogP) is 1.72. The zero-order valence-electron chi connectivity index (χ0n) is 7.61. The van der Waals surface area contributed by atoms with Gasteiger partial charge in [0.2, 0.25) is 5.91 Å². The van der Waals surface area contributed by atoms with Crippen LogP contribution >= 0.6 is 0 Å². The molecule has 1 N–H and O–H groups in total. The number of amides is 1. The van der Waals surface area contributed by atoms with Gasteiger partial charge in [-0.2, -0.15) is 0 Å². The molecule has 2 heteroatoms. The minimum atomic E-state index is -0.277. The average molecular weight is 155 g/mol. The van der Waals surface area contributed by atoms with Gasteiger partial charge in [0.05, 0.1) is 0 Å². The molecule has 11 heavy (non-hydrogen) atoms. The molecule has 0 spiro atoms. The molecule has 0 fully saturated rings. The van der Waals surface area contributed by atoms with Crippen molar-refractivity contribution in [3.05, 3.63) is 12.7 Å². The highest BCUT2D eigenvalue weighted by molar-refractivity contribution is 5.81. The number of hydrogen-bond acceptors (Lipinski definition) is 1. The van der Waals surface area contributed by atoms with E-state index in [1.165, 1.54) is 0 Å². The van der Waals surface area contributed by atoms with Crippen molar-refractivity contribution in [3.8, 4) is 0 Å². The first-order valence-corrected chi connectivity index (χ1v) is 3.87. The third-order valence-corrected chi connectivity index (χ3v) is 1.32. The van der Waals surface area contributed by atoms with Crippen LogP contribution in [0.3, 0.4) is 0 Å². The predicted molar refractivity (Wildman–Crippen MR) is 47.3 cm³/mol. The van der Waals surface area contributed by atoms with E-state index < -0.39 is 0 Å². The lowest BCUT2D eigenvalue weighted by molar-refractivity contribution is -0.128. The summed E-state index contributed by atoms with van der Waals surface area (Å²) in [5, 5.41) is 2.81. The van der Waals surface area contributed by atoms with Gasteiger partial charge in [-0.25, -0.2) is 0 Å². The molecule has 0 aromatic carbocycles. The number of rotatable bonds is 3. The Morgan fingerprint density at radius 2 is 2.09 bits per heavy atom. The van der Waals surface area contributed by atoms with Crippen molar-refractivity contribution in [2.45, 2.75) is 27.2 Å². The fraction of sp³-hybridized carbons (Fsp3) is 0.667. The summed E-state index contributed by atoms with van der Waals surface area (Å²) in [5.41, 5.74) is -0.277. The second-order valence-corrected chi connectivity index (χ2v) is 3.58. The van der Waals surface area contributed by atoms with E-state index >= 15 is 0 Å². The number of carbonyl (C=O) groups excluding carboxylic acids is 1. The lowest BCUT2D eigenvalue weighted by atomic mass is 9.96. The van der Waals surface area contributed by atoms with Crippen molar-refractivity contribution < 1.29 is 4.79 Å². The summed E-state index contributed by atoms with van der Waals surface area (Å²) in [4.78, 5) is 11.2. The summed E-state index contributed by atoms with van der Waals surface area (Å²) in [7, 11) is 0. The molecule has 0 radical (unpaired) electrons. The highest BCUT2D eigenvalue weighted by atomic mass is 16.2. The smallest absolute Gasteiger partial charge is 0.225 e. The zero-order valence-corrected chi connectivity index (χ0v) is 7.61. The van der Waals surface area contributed by atoms with Gasteiger partial charge in [-0.3, -0.25) is 4.79 Å². The van der Waals surface area contributed by atoms with Crippen molar-refractivity contribution >= 4 is 5.91 Å². The molecule has 0 aliphatic rings. The summed E-state index contributed by atoms with van der Waals surface area (Å²) in [6.07, 6.45) is 2.63. The fourth-order valence-corrected chi connectivity index (χ4v) is 0.553. The SMILES string of the molecule is C=CCCNC(=O)C(C)(C)C. The summed E-state index contributed by atoms with van der Waals surface area (Å²) >= 11 is 0. The molecule has 0 aromatic rings. The summed E-state index contributed by atoms with van der Waals surface area (Å²) in [6.45, 7) is 9.96. The first-order valence-electron chi connectivity index (χ1n) is 3.87. The van der Waals surface area contributed by atoms with Crippen LogP contribution in [0.2, 0.25) is 0 Å². The van der Waals surface area contributed by atoms with Gasteiger partial charge in [0.25, 0.3) is 0 Å².